The van der Waals surface area contributed by atoms with E-state index in [1.54, 1.807) is 11.3 Å². The number of nitrogens with zero attached hydrogens (tertiary/aromatic N) is 2. The first-order valence-corrected chi connectivity index (χ1v) is 8.35. The fourth-order valence-electron chi connectivity index (χ4n) is 2.46. The van der Waals surface area contributed by atoms with E-state index in [0.717, 1.165) is 28.0 Å². The van der Waals surface area contributed by atoms with Crippen molar-refractivity contribution in [3.8, 4) is 0 Å². The van der Waals surface area contributed by atoms with E-state index in [9.17, 15) is 8.42 Å². The Balaban J connectivity index is 1.90. The molecular weight excluding hydrogens is 284 g/mol. The highest BCUT2D eigenvalue weighted by atomic mass is 32.2. The average molecular weight is 298 g/mol. The molecule has 2 aromatic heterocycles. The lowest BCUT2D eigenvalue weighted by molar-refractivity contribution is 0.471. The second-order valence-electron chi connectivity index (χ2n) is 4.70. The summed E-state index contributed by atoms with van der Waals surface area (Å²) in [4.78, 5) is 6.33. The Labute approximate surface area is 115 Å². The van der Waals surface area contributed by atoms with Crippen molar-refractivity contribution in [3.05, 3.63) is 39.6 Å². The quantitative estimate of drug-likeness (QED) is 0.880. The third-order valence-electron chi connectivity index (χ3n) is 3.33. The summed E-state index contributed by atoms with van der Waals surface area (Å²) in [5, 5.41) is 0. The Morgan fingerprint density at radius 3 is 2.89 bits per heavy atom. The molecule has 0 saturated carbocycles. The molecule has 3 rings (SSSR count). The molecule has 1 N–H and O–H groups in total. The molecule has 0 bridgehead atoms. The Kier molecular flexibility index (Phi) is 3.20. The van der Waals surface area contributed by atoms with Gasteiger partial charge in [-0.3, -0.25) is 4.55 Å². The second-order valence-corrected chi connectivity index (χ2v) is 7.21. The van der Waals surface area contributed by atoms with Gasteiger partial charge in [0.15, 0.2) is 0 Å². The van der Waals surface area contributed by atoms with Gasteiger partial charge in [-0.05, 0) is 37.3 Å². The number of thiophene rings is 1. The standard InChI is InChI=1S/C12H14N2O3S2/c15-19(16,17)14-8-13-7-10(14)6-11-5-9-3-1-2-4-12(9)18-11/h5,7-8H,1-4,6H2,(H,15,16,17). The molecule has 2 heterocycles. The van der Waals surface area contributed by atoms with E-state index in [0.29, 0.717) is 12.1 Å². The summed E-state index contributed by atoms with van der Waals surface area (Å²) in [5.74, 6) is 0. The largest absolute Gasteiger partial charge is 0.364 e. The third-order valence-corrected chi connectivity index (χ3v) is 5.39. The number of aryl methyl sites for hydroxylation is 2. The van der Waals surface area contributed by atoms with Gasteiger partial charge in [0.1, 0.15) is 6.33 Å². The number of aromatic nitrogens is 2. The fraction of sp³-hybridized carbons (Fsp3) is 0.417. The Hall–Kier alpha value is -1.18. The molecule has 0 aliphatic heterocycles. The van der Waals surface area contributed by atoms with Crippen LogP contribution < -0.4 is 0 Å². The van der Waals surface area contributed by atoms with E-state index < -0.39 is 10.3 Å². The zero-order chi connectivity index (χ0) is 13.5. The molecule has 0 radical (unpaired) electrons. The molecule has 0 atom stereocenters. The topological polar surface area (TPSA) is 72.2 Å². The second kappa shape index (κ2) is 4.73. The Morgan fingerprint density at radius 1 is 1.37 bits per heavy atom. The average Bonchev–Trinajstić information content (AvgIpc) is 2.93. The van der Waals surface area contributed by atoms with Gasteiger partial charge in [0.25, 0.3) is 0 Å². The van der Waals surface area contributed by atoms with Crippen molar-refractivity contribution >= 4 is 21.6 Å². The van der Waals surface area contributed by atoms with Gasteiger partial charge >= 0.3 is 10.3 Å². The highest BCUT2D eigenvalue weighted by Gasteiger charge is 2.17. The van der Waals surface area contributed by atoms with E-state index in [4.69, 9.17) is 4.55 Å². The lowest BCUT2D eigenvalue weighted by atomic mass is 9.99. The summed E-state index contributed by atoms with van der Waals surface area (Å²) >= 11 is 1.74. The van der Waals surface area contributed by atoms with Crippen LogP contribution >= 0.6 is 11.3 Å². The van der Waals surface area contributed by atoms with Crippen LogP contribution in [0.3, 0.4) is 0 Å². The zero-order valence-corrected chi connectivity index (χ0v) is 11.9. The molecule has 0 fully saturated rings. The normalized spacial score (nSPS) is 15.4. The molecule has 0 amide bonds. The molecule has 1 aliphatic carbocycles. The summed E-state index contributed by atoms with van der Waals surface area (Å²) in [6.45, 7) is 0. The maximum Gasteiger partial charge on any atom is 0.364 e. The maximum absolute atomic E-state index is 11.2. The molecule has 1 aliphatic rings. The summed E-state index contributed by atoms with van der Waals surface area (Å²) in [6.07, 6.45) is 7.78. The van der Waals surface area contributed by atoms with Crippen molar-refractivity contribution in [2.75, 3.05) is 0 Å². The molecule has 7 heteroatoms. The Bertz CT molecular complexity index is 677. The van der Waals surface area contributed by atoms with Crippen LogP contribution in [0.4, 0.5) is 0 Å². The van der Waals surface area contributed by atoms with E-state index in [-0.39, 0.29) is 0 Å². The molecule has 0 aromatic carbocycles. The molecule has 5 nitrogen and oxygen atoms in total. The SMILES string of the molecule is O=S(=O)(O)n1cncc1Cc1cc2c(s1)CCCC2. The molecule has 19 heavy (non-hydrogen) atoms. The van der Waals surface area contributed by atoms with Gasteiger partial charge in [-0.2, -0.15) is 8.42 Å². The minimum absolute atomic E-state index is 0.484. The lowest BCUT2D eigenvalue weighted by Crippen LogP contribution is -2.12. The van der Waals surface area contributed by atoms with Gasteiger partial charge in [0.2, 0.25) is 0 Å². The van der Waals surface area contributed by atoms with Crippen LogP contribution in [0, 0.1) is 0 Å². The number of imidazole rings is 1. The minimum Gasteiger partial charge on any atom is -0.269 e. The van der Waals surface area contributed by atoms with Crippen LogP contribution in [0.2, 0.25) is 0 Å². The van der Waals surface area contributed by atoms with Crippen LogP contribution in [0.1, 0.15) is 33.9 Å². The van der Waals surface area contributed by atoms with Crippen molar-refractivity contribution in [1.29, 1.82) is 0 Å². The van der Waals surface area contributed by atoms with E-state index in [2.05, 4.69) is 11.1 Å². The van der Waals surface area contributed by atoms with Crippen molar-refractivity contribution in [1.82, 2.24) is 8.96 Å². The van der Waals surface area contributed by atoms with Crippen molar-refractivity contribution < 1.29 is 13.0 Å². The van der Waals surface area contributed by atoms with Crippen LogP contribution in [0.15, 0.2) is 18.6 Å². The van der Waals surface area contributed by atoms with Crippen molar-refractivity contribution in [2.45, 2.75) is 32.1 Å². The number of fused-ring (bicyclic) bond motifs is 1. The van der Waals surface area contributed by atoms with Gasteiger partial charge in [0.05, 0.1) is 5.69 Å². The van der Waals surface area contributed by atoms with Crippen LogP contribution in [0.25, 0.3) is 0 Å². The molecule has 0 unspecified atom stereocenters. The summed E-state index contributed by atoms with van der Waals surface area (Å²) in [7, 11) is -4.25. The lowest BCUT2D eigenvalue weighted by Gasteiger charge is -2.08. The van der Waals surface area contributed by atoms with Gasteiger partial charge in [-0.1, -0.05) is 0 Å². The van der Waals surface area contributed by atoms with Crippen molar-refractivity contribution in [2.24, 2.45) is 0 Å². The van der Waals surface area contributed by atoms with Gasteiger partial charge in [-0.25, -0.2) is 8.96 Å². The third kappa shape index (κ3) is 2.58. The number of hydrogen-bond donors (Lipinski definition) is 1. The fourth-order valence-corrected chi connectivity index (χ4v) is 4.32. The van der Waals surface area contributed by atoms with Gasteiger partial charge in [0, 0.05) is 22.4 Å². The van der Waals surface area contributed by atoms with Crippen LogP contribution in [-0.4, -0.2) is 21.9 Å². The van der Waals surface area contributed by atoms with Crippen LogP contribution in [0.5, 0.6) is 0 Å². The molecular formula is C12H14N2O3S2. The summed E-state index contributed by atoms with van der Waals surface area (Å²) < 4.78 is 32.3. The Morgan fingerprint density at radius 2 is 2.16 bits per heavy atom. The predicted molar refractivity (Wildman–Crippen MR) is 72.9 cm³/mol. The molecule has 0 spiro atoms. The molecule has 2 aromatic rings. The van der Waals surface area contributed by atoms with E-state index >= 15 is 0 Å². The summed E-state index contributed by atoms with van der Waals surface area (Å²) in [6, 6.07) is 2.15. The first-order chi connectivity index (χ1) is 9.04. The summed E-state index contributed by atoms with van der Waals surface area (Å²) in [5.41, 5.74) is 1.88. The first kappa shape index (κ1) is 12.8. The zero-order valence-electron chi connectivity index (χ0n) is 10.2. The number of hydrogen-bond acceptors (Lipinski definition) is 4. The van der Waals surface area contributed by atoms with E-state index in [1.807, 2.05) is 0 Å². The first-order valence-electron chi connectivity index (χ1n) is 6.14. The molecule has 102 valence electrons. The van der Waals surface area contributed by atoms with Crippen molar-refractivity contribution in [3.63, 3.8) is 0 Å². The smallest absolute Gasteiger partial charge is 0.269 e. The number of rotatable bonds is 3. The van der Waals surface area contributed by atoms with Crippen LogP contribution in [-0.2, 0) is 29.6 Å². The highest BCUT2D eigenvalue weighted by Crippen LogP contribution is 2.30. The van der Waals surface area contributed by atoms with E-state index in [1.165, 1.54) is 29.5 Å². The predicted octanol–water partition coefficient (Wildman–Crippen LogP) is 2.07. The minimum atomic E-state index is -4.25. The highest BCUT2D eigenvalue weighted by molar-refractivity contribution is 7.84. The molecule has 0 saturated heterocycles. The maximum atomic E-state index is 11.2. The monoisotopic (exact) mass is 298 g/mol. The van der Waals surface area contributed by atoms with Gasteiger partial charge in [-0.15, -0.1) is 11.3 Å². The van der Waals surface area contributed by atoms with Gasteiger partial charge < -0.3 is 0 Å².